The van der Waals surface area contributed by atoms with Crippen molar-refractivity contribution in [2.45, 2.75) is 18.4 Å². The van der Waals surface area contributed by atoms with E-state index < -0.39 is 5.60 Å². The van der Waals surface area contributed by atoms with E-state index in [0.29, 0.717) is 5.92 Å². The molecular formula is C9H17NO2. The number of hydrogen-bond donors (Lipinski definition) is 1. The van der Waals surface area contributed by atoms with Crippen molar-refractivity contribution in [3.8, 4) is 0 Å². The molecule has 1 N–H and O–H groups in total. The fourth-order valence-corrected chi connectivity index (χ4v) is 2.30. The summed E-state index contributed by atoms with van der Waals surface area (Å²) in [6.45, 7) is 3.43. The van der Waals surface area contributed by atoms with Gasteiger partial charge in [0.2, 0.25) is 0 Å². The summed E-state index contributed by atoms with van der Waals surface area (Å²) in [7, 11) is 2.06. The molecule has 2 atom stereocenters. The number of aliphatic hydroxyl groups is 1. The Labute approximate surface area is 73.3 Å². The summed E-state index contributed by atoms with van der Waals surface area (Å²) in [6, 6.07) is 0. The minimum absolute atomic E-state index is 0.377. The van der Waals surface area contributed by atoms with E-state index in [4.69, 9.17) is 4.74 Å². The van der Waals surface area contributed by atoms with Crippen LogP contribution in [0.15, 0.2) is 0 Å². The van der Waals surface area contributed by atoms with Crippen molar-refractivity contribution in [3.05, 3.63) is 0 Å². The second-order valence-corrected chi connectivity index (χ2v) is 4.15. The fourth-order valence-electron chi connectivity index (χ4n) is 2.30. The molecule has 0 aromatic heterocycles. The molecule has 0 aromatic carbocycles. The predicted molar refractivity (Wildman–Crippen MR) is 46.0 cm³/mol. The van der Waals surface area contributed by atoms with Crippen LogP contribution in [-0.4, -0.2) is 49.0 Å². The van der Waals surface area contributed by atoms with Gasteiger partial charge >= 0.3 is 0 Å². The van der Waals surface area contributed by atoms with Crippen LogP contribution in [0.5, 0.6) is 0 Å². The molecule has 0 saturated carbocycles. The zero-order chi connectivity index (χ0) is 8.60. The molecule has 0 aromatic rings. The van der Waals surface area contributed by atoms with E-state index in [0.717, 1.165) is 39.1 Å². The van der Waals surface area contributed by atoms with E-state index in [9.17, 15) is 5.11 Å². The molecular weight excluding hydrogens is 154 g/mol. The lowest BCUT2D eigenvalue weighted by atomic mass is 9.86. The van der Waals surface area contributed by atoms with Gasteiger partial charge in [0.05, 0.1) is 12.2 Å². The highest BCUT2D eigenvalue weighted by Crippen LogP contribution is 2.33. The van der Waals surface area contributed by atoms with Gasteiger partial charge in [-0.05, 0) is 19.9 Å². The second kappa shape index (κ2) is 2.98. The van der Waals surface area contributed by atoms with Crippen LogP contribution in [0.3, 0.4) is 0 Å². The van der Waals surface area contributed by atoms with Crippen LogP contribution >= 0.6 is 0 Å². The highest BCUT2D eigenvalue weighted by molar-refractivity contribution is 4.95. The van der Waals surface area contributed by atoms with E-state index in [1.165, 1.54) is 0 Å². The van der Waals surface area contributed by atoms with Crippen LogP contribution in [0.25, 0.3) is 0 Å². The lowest BCUT2D eigenvalue weighted by molar-refractivity contribution is -0.0107. The smallest absolute Gasteiger partial charge is 0.0836 e. The minimum Gasteiger partial charge on any atom is -0.388 e. The molecule has 2 rings (SSSR count). The number of nitrogens with zero attached hydrogens (tertiary/aromatic N) is 1. The number of likely N-dealkylation sites (N-methyl/N-ethyl adjacent to an activating group) is 1. The maximum atomic E-state index is 10.2. The lowest BCUT2D eigenvalue weighted by Crippen LogP contribution is -2.40. The zero-order valence-corrected chi connectivity index (χ0v) is 7.62. The van der Waals surface area contributed by atoms with Crippen LogP contribution in [0.4, 0.5) is 0 Å². The van der Waals surface area contributed by atoms with E-state index in [1.807, 2.05) is 0 Å². The average molecular weight is 171 g/mol. The van der Waals surface area contributed by atoms with Crippen molar-refractivity contribution in [3.63, 3.8) is 0 Å². The molecule has 0 aliphatic carbocycles. The van der Waals surface area contributed by atoms with E-state index in [1.54, 1.807) is 0 Å². The summed E-state index contributed by atoms with van der Waals surface area (Å²) >= 11 is 0. The minimum atomic E-state index is -0.453. The zero-order valence-electron chi connectivity index (χ0n) is 7.62. The fraction of sp³-hybridized carbons (Fsp3) is 1.00. The largest absolute Gasteiger partial charge is 0.388 e. The van der Waals surface area contributed by atoms with Gasteiger partial charge in [-0.25, -0.2) is 0 Å². The lowest BCUT2D eigenvalue weighted by Gasteiger charge is -2.28. The van der Waals surface area contributed by atoms with Gasteiger partial charge in [0.1, 0.15) is 0 Å². The summed E-state index contributed by atoms with van der Waals surface area (Å²) in [6.07, 6.45) is 1.95. The molecule has 2 saturated heterocycles. The maximum absolute atomic E-state index is 10.2. The first kappa shape index (κ1) is 8.48. The van der Waals surface area contributed by atoms with Gasteiger partial charge in [0, 0.05) is 25.6 Å². The Hall–Kier alpha value is -0.120. The molecule has 0 bridgehead atoms. The third-order valence-electron chi connectivity index (χ3n) is 3.16. The molecule has 2 fully saturated rings. The molecule has 70 valence electrons. The van der Waals surface area contributed by atoms with Gasteiger partial charge in [-0.3, -0.25) is 0 Å². The van der Waals surface area contributed by atoms with Crippen molar-refractivity contribution in [1.29, 1.82) is 0 Å². The molecule has 3 heteroatoms. The first-order valence-corrected chi connectivity index (χ1v) is 4.69. The number of hydrogen-bond acceptors (Lipinski definition) is 3. The van der Waals surface area contributed by atoms with E-state index >= 15 is 0 Å². The van der Waals surface area contributed by atoms with Crippen LogP contribution in [0.2, 0.25) is 0 Å². The summed E-state index contributed by atoms with van der Waals surface area (Å²) in [4.78, 5) is 2.19. The molecule has 2 heterocycles. The van der Waals surface area contributed by atoms with Crippen LogP contribution < -0.4 is 0 Å². The molecule has 0 amide bonds. The molecule has 0 radical (unpaired) electrons. The Kier molecular flexibility index (Phi) is 2.10. The first-order valence-electron chi connectivity index (χ1n) is 4.69. The normalized spacial score (nSPS) is 44.0. The van der Waals surface area contributed by atoms with Gasteiger partial charge in [-0.1, -0.05) is 0 Å². The van der Waals surface area contributed by atoms with Crippen LogP contribution in [0.1, 0.15) is 12.8 Å². The molecule has 2 unspecified atom stereocenters. The Morgan fingerprint density at radius 1 is 1.58 bits per heavy atom. The van der Waals surface area contributed by atoms with Crippen molar-refractivity contribution < 1.29 is 9.84 Å². The van der Waals surface area contributed by atoms with Crippen LogP contribution in [-0.2, 0) is 4.74 Å². The second-order valence-electron chi connectivity index (χ2n) is 4.15. The highest BCUT2D eigenvalue weighted by atomic mass is 16.5. The highest BCUT2D eigenvalue weighted by Gasteiger charge is 2.43. The van der Waals surface area contributed by atoms with Crippen molar-refractivity contribution in [1.82, 2.24) is 4.90 Å². The monoisotopic (exact) mass is 171 g/mol. The van der Waals surface area contributed by atoms with Gasteiger partial charge in [0.15, 0.2) is 0 Å². The summed E-state index contributed by atoms with van der Waals surface area (Å²) in [5, 5.41) is 10.2. The third kappa shape index (κ3) is 1.37. The summed E-state index contributed by atoms with van der Waals surface area (Å²) in [5.41, 5.74) is -0.453. The summed E-state index contributed by atoms with van der Waals surface area (Å²) in [5.74, 6) is 0.377. The van der Waals surface area contributed by atoms with Gasteiger partial charge < -0.3 is 14.7 Å². The van der Waals surface area contributed by atoms with Gasteiger partial charge in [0.25, 0.3) is 0 Å². The summed E-state index contributed by atoms with van der Waals surface area (Å²) < 4.78 is 5.29. The van der Waals surface area contributed by atoms with Crippen LogP contribution in [0, 0.1) is 5.92 Å². The third-order valence-corrected chi connectivity index (χ3v) is 3.16. The number of rotatable bonds is 1. The van der Waals surface area contributed by atoms with E-state index in [2.05, 4.69) is 11.9 Å². The van der Waals surface area contributed by atoms with Crippen molar-refractivity contribution >= 4 is 0 Å². The predicted octanol–water partition coefficient (Wildman–Crippen LogP) is 0.0895. The first-order chi connectivity index (χ1) is 5.71. The van der Waals surface area contributed by atoms with Gasteiger partial charge in [-0.2, -0.15) is 0 Å². The number of β-amino-alcohol motifs (C(OH)–C–C–N with tert-alkyl or cyclic N) is 1. The molecule has 2 aliphatic rings. The molecule has 0 spiro atoms. The van der Waals surface area contributed by atoms with Crippen molar-refractivity contribution in [2.75, 3.05) is 33.4 Å². The Bertz CT molecular complexity index is 168. The Morgan fingerprint density at radius 3 is 2.92 bits per heavy atom. The number of ether oxygens (including phenoxy) is 1. The van der Waals surface area contributed by atoms with E-state index in [-0.39, 0.29) is 0 Å². The topological polar surface area (TPSA) is 32.7 Å². The standard InChI is InChI=1S/C9H17NO2/c1-10-4-3-9(11,7-10)8-2-5-12-6-8/h8,11H,2-7H2,1H3. The molecule has 3 nitrogen and oxygen atoms in total. The van der Waals surface area contributed by atoms with Crippen molar-refractivity contribution in [2.24, 2.45) is 5.92 Å². The molecule has 12 heavy (non-hydrogen) atoms. The quantitative estimate of drug-likeness (QED) is 0.607. The average Bonchev–Trinajstić information content (AvgIpc) is 2.59. The molecule has 2 aliphatic heterocycles. The Morgan fingerprint density at radius 2 is 2.42 bits per heavy atom. The Balaban J connectivity index is 2.00. The SMILES string of the molecule is CN1CCC(O)(C2CCOC2)C1. The number of likely N-dealkylation sites (tertiary alicyclic amines) is 1. The van der Waals surface area contributed by atoms with Gasteiger partial charge in [-0.15, -0.1) is 0 Å². The maximum Gasteiger partial charge on any atom is 0.0836 e.